The zero-order valence-corrected chi connectivity index (χ0v) is 11.7. The Balaban J connectivity index is 1.92. The van der Waals surface area contributed by atoms with E-state index in [1.807, 2.05) is 0 Å². The lowest BCUT2D eigenvalue weighted by Gasteiger charge is -2.02. The molecule has 0 unspecified atom stereocenters. The second kappa shape index (κ2) is 5.77. The monoisotopic (exact) mass is 297 g/mol. The van der Waals surface area contributed by atoms with Crippen LogP contribution in [0, 0.1) is 5.82 Å². The van der Waals surface area contributed by atoms with Crippen LogP contribution >= 0.6 is 0 Å². The van der Waals surface area contributed by atoms with Crippen molar-refractivity contribution < 1.29 is 13.9 Å². The molecule has 0 bridgehead atoms. The van der Waals surface area contributed by atoms with Crippen molar-refractivity contribution in [3.8, 4) is 5.75 Å². The van der Waals surface area contributed by atoms with Gasteiger partial charge in [-0.1, -0.05) is 6.07 Å². The van der Waals surface area contributed by atoms with Gasteiger partial charge in [0.1, 0.15) is 11.5 Å². The van der Waals surface area contributed by atoms with Crippen molar-refractivity contribution in [1.29, 1.82) is 0 Å². The number of benzene rings is 1. The maximum atomic E-state index is 13.7. The quantitative estimate of drug-likeness (QED) is 0.883. The number of carbonyl (C=O) groups excluding carboxylic acids is 1. The van der Waals surface area contributed by atoms with Gasteiger partial charge < -0.3 is 10.1 Å². The molecular formula is C16H12FN3O2. The number of hydrogen-bond acceptors (Lipinski definition) is 4. The summed E-state index contributed by atoms with van der Waals surface area (Å²) in [6, 6.07) is 7.94. The number of rotatable bonds is 3. The summed E-state index contributed by atoms with van der Waals surface area (Å²) < 4.78 is 18.5. The number of nitrogens with zero attached hydrogens (tertiary/aromatic N) is 2. The molecule has 2 heterocycles. The summed E-state index contributed by atoms with van der Waals surface area (Å²) in [6.45, 7) is 0. The number of ether oxygens (including phenoxy) is 1. The van der Waals surface area contributed by atoms with E-state index in [0.29, 0.717) is 11.4 Å². The van der Waals surface area contributed by atoms with E-state index in [1.54, 1.807) is 30.6 Å². The third-order valence-electron chi connectivity index (χ3n) is 3.13. The number of halogens is 1. The predicted octanol–water partition coefficient (Wildman–Crippen LogP) is 2.15. The highest BCUT2D eigenvalue weighted by molar-refractivity contribution is 6.19. The van der Waals surface area contributed by atoms with E-state index in [0.717, 1.165) is 5.56 Å². The van der Waals surface area contributed by atoms with E-state index in [4.69, 9.17) is 4.74 Å². The van der Waals surface area contributed by atoms with Gasteiger partial charge in [-0.2, -0.15) is 0 Å². The van der Waals surface area contributed by atoms with Crippen LogP contribution < -0.4 is 10.1 Å². The zero-order chi connectivity index (χ0) is 15.5. The molecule has 2 aromatic rings. The lowest BCUT2D eigenvalue weighted by Crippen LogP contribution is -2.24. The van der Waals surface area contributed by atoms with Crippen LogP contribution in [0.15, 0.2) is 53.4 Å². The number of carbonyl (C=O) groups is 1. The molecule has 0 atom stereocenters. The largest absolute Gasteiger partial charge is 0.494 e. The molecule has 6 heteroatoms. The SMILES string of the molecule is COc1ccc(/C=C2/N=C(c3ccncc3)NC2=O)cc1F. The van der Waals surface area contributed by atoms with E-state index in [9.17, 15) is 9.18 Å². The van der Waals surface area contributed by atoms with Gasteiger partial charge in [0, 0.05) is 18.0 Å². The number of hydrogen-bond donors (Lipinski definition) is 1. The molecule has 1 aromatic carbocycles. The summed E-state index contributed by atoms with van der Waals surface area (Å²) in [7, 11) is 1.40. The van der Waals surface area contributed by atoms with Crippen LogP contribution in [0.3, 0.4) is 0 Å². The van der Waals surface area contributed by atoms with E-state index < -0.39 is 5.82 Å². The standard InChI is InChI=1S/C16H12FN3O2/c1-22-14-3-2-10(8-12(14)17)9-13-16(21)20-15(19-13)11-4-6-18-7-5-11/h2-9H,1H3,(H,19,20,21)/b13-9+. The molecule has 1 aromatic heterocycles. The van der Waals surface area contributed by atoms with Gasteiger partial charge in [-0.25, -0.2) is 9.38 Å². The van der Waals surface area contributed by atoms with Crippen LogP contribution in [0.2, 0.25) is 0 Å². The Hall–Kier alpha value is -3.02. The molecule has 0 fully saturated rings. The molecule has 3 rings (SSSR count). The molecule has 22 heavy (non-hydrogen) atoms. The minimum Gasteiger partial charge on any atom is -0.494 e. The van der Waals surface area contributed by atoms with Gasteiger partial charge >= 0.3 is 0 Å². The first-order valence-electron chi connectivity index (χ1n) is 6.53. The summed E-state index contributed by atoms with van der Waals surface area (Å²) in [5.41, 5.74) is 1.51. The average Bonchev–Trinajstić information content (AvgIpc) is 2.89. The first kappa shape index (κ1) is 13.9. The maximum absolute atomic E-state index is 13.7. The van der Waals surface area contributed by atoms with Crippen LogP contribution in [-0.4, -0.2) is 23.8 Å². The molecule has 0 saturated carbocycles. The predicted molar refractivity (Wildman–Crippen MR) is 79.8 cm³/mol. The van der Waals surface area contributed by atoms with E-state index >= 15 is 0 Å². The molecule has 0 radical (unpaired) electrons. The topological polar surface area (TPSA) is 63.6 Å². The van der Waals surface area contributed by atoms with Crippen molar-refractivity contribution >= 4 is 17.8 Å². The van der Waals surface area contributed by atoms with Crippen LogP contribution in [0.5, 0.6) is 5.75 Å². The number of aromatic nitrogens is 1. The lowest BCUT2D eigenvalue weighted by atomic mass is 10.2. The summed E-state index contributed by atoms with van der Waals surface area (Å²) in [5, 5.41) is 2.67. The van der Waals surface area contributed by atoms with Crippen LogP contribution in [-0.2, 0) is 4.79 Å². The number of nitrogens with one attached hydrogen (secondary N) is 1. The van der Waals surface area contributed by atoms with Crippen molar-refractivity contribution in [3.05, 3.63) is 65.4 Å². The van der Waals surface area contributed by atoms with Crippen molar-refractivity contribution in [1.82, 2.24) is 10.3 Å². The normalized spacial score (nSPS) is 15.6. The van der Waals surface area contributed by atoms with Crippen molar-refractivity contribution in [3.63, 3.8) is 0 Å². The molecule has 1 aliphatic rings. The molecule has 0 aliphatic carbocycles. The first-order chi connectivity index (χ1) is 10.7. The van der Waals surface area contributed by atoms with Crippen LogP contribution in [0.1, 0.15) is 11.1 Å². The molecule has 1 aliphatic heterocycles. The van der Waals surface area contributed by atoms with E-state index in [-0.39, 0.29) is 17.4 Å². The highest BCUT2D eigenvalue weighted by Crippen LogP contribution is 2.21. The van der Waals surface area contributed by atoms with Gasteiger partial charge in [0.15, 0.2) is 11.6 Å². The Morgan fingerprint density at radius 2 is 2.00 bits per heavy atom. The number of amidine groups is 1. The molecule has 5 nitrogen and oxygen atoms in total. The second-order valence-electron chi connectivity index (χ2n) is 4.57. The maximum Gasteiger partial charge on any atom is 0.275 e. The summed E-state index contributed by atoms with van der Waals surface area (Å²) in [5.74, 6) is -0.219. The van der Waals surface area contributed by atoms with E-state index in [1.165, 1.54) is 25.3 Å². The number of pyridine rings is 1. The smallest absolute Gasteiger partial charge is 0.275 e. The Bertz CT molecular complexity index is 785. The second-order valence-corrected chi connectivity index (χ2v) is 4.57. The average molecular weight is 297 g/mol. The molecule has 0 spiro atoms. The number of amides is 1. The fraction of sp³-hybridized carbons (Fsp3) is 0.0625. The van der Waals surface area contributed by atoms with Gasteiger partial charge in [0.05, 0.1) is 7.11 Å². The van der Waals surface area contributed by atoms with Crippen molar-refractivity contribution in [2.45, 2.75) is 0 Å². The third kappa shape index (κ3) is 2.71. The Morgan fingerprint density at radius 1 is 1.23 bits per heavy atom. The van der Waals surface area contributed by atoms with Crippen molar-refractivity contribution in [2.24, 2.45) is 4.99 Å². The fourth-order valence-electron chi connectivity index (χ4n) is 2.05. The minimum absolute atomic E-state index is 0.152. The minimum atomic E-state index is -0.492. The van der Waals surface area contributed by atoms with Crippen molar-refractivity contribution in [2.75, 3.05) is 7.11 Å². The third-order valence-corrected chi connectivity index (χ3v) is 3.13. The van der Waals surface area contributed by atoms with Gasteiger partial charge in [0.25, 0.3) is 5.91 Å². The lowest BCUT2D eigenvalue weighted by molar-refractivity contribution is -0.115. The first-order valence-corrected chi connectivity index (χ1v) is 6.53. The zero-order valence-electron chi connectivity index (χ0n) is 11.7. The molecule has 1 amide bonds. The summed E-state index contributed by atoms with van der Waals surface area (Å²) in [4.78, 5) is 20.1. The van der Waals surface area contributed by atoms with Crippen LogP contribution in [0.25, 0.3) is 6.08 Å². The molecule has 0 saturated heterocycles. The van der Waals surface area contributed by atoms with Gasteiger partial charge in [0.2, 0.25) is 0 Å². The van der Waals surface area contributed by atoms with Gasteiger partial charge in [-0.05, 0) is 35.9 Å². The van der Waals surface area contributed by atoms with E-state index in [2.05, 4.69) is 15.3 Å². The highest BCUT2D eigenvalue weighted by Gasteiger charge is 2.21. The fourth-order valence-corrected chi connectivity index (χ4v) is 2.05. The van der Waals surface area contributed by atoms with Gasteiger partial charge in [-0.3, -0.25) is 9.78 Å². The molecule has 110 valence electrons. The number of methoxy groups -OCH3 is 1. The molecular weight excluding hydrogens is 285 g/mol. The Kier molecular flexibility index (Phi) is 3.65. The van der Waals surface area contributed by atoms with Gasteiger partial charge in [-0.15, -0.1) is 0 Å². The Morgan fingerprint density at radius 3 is 2.68 bits per heavy atom. The Labute approximate surface area is 126 Å². The van der Waals surface area contributed by atoms with Crippen LogP contribution in [0.4, 0.5) is 4.39 Å². The number of aliphatic imine (C=N–C) groups is 1. The summed E-state index contributed by atoms with van der Waals surface area (Å²) in [6.07, 6.45) is 4.75. The summed E-state index contributed by atoms with van der Waals surface area (Å²) >= 11 is 0. The highest BCUT2D eigenvalue weighted by atomic mass is 19.1. The molecule has 1 N–H and O–H groups in total.